The van der Waals surface area contributed by atoms with Crippen LogP contribution in [0.3, 0.4) is 0 Å². The maximum absolute atomic E-state index is 11.7. The Balaban J connectivity index is 1.84. The maximum Gasteiger partial charge on any atom is 0.325 e. The molecule has 2 aromatic rings. The van der Waals surface area contributed by atoms with E-state index >= 15 is 0 Å². The molecule has 0 spiro atoms. The molecule has 0 bridgehead atoms. The van der Waals surface area contributed by atoms with Gasteiger partial charge in [-0.05, 0) is 24.1 Å². The smallest absolute Gasteiger partial charge is 0.325 e. The Hall–Kier alpha value is -1.92. The molecule has 6 nitrogen and oxygen atoms in total. The van der Waals surface area contributed by atoms with Gasteiger partial charge < -0.3 is 15.4 Å². The molecule has 0 saturated heterocycles. The molecule has 2 rings (SSSR count). The summed E-state index contributed by atoms with van der Waals surface area (Å²) >= 11 is 11.8. The van der Waals surface area contributed by atoms with Crippen molar-refractivity contribution in [2.45, 2.75) is 12.8 Å². The Morgan fingerprint density at radius 1 is 1.29 bits per heavy atom. The number of aromatic nitrogens is 2. The van der Waals surface area contributed by atoms with Crippen LogP contribution in [0.2, 0.25) is 10.0 Å². The molecule has 0 aliphatic carbocycles. The minimum absolute atomic E-state index is 0.112. The van der Waals surface area contributed by atoms with Gasteiger partial charge in [0.1, 0.15) is 0 Å². The highest BCUT2D eigenvalue weighted by Gasteiger charge is 2.10. The zero-order valence-electron chi connectivity index (χ0n) is 10.9. The van der Waals surface area contributed by atoms with Gasteiger partial charge in [-0.1, -0.05) is 29.3 Å². The van der Waals surface area contributed by atoms with Crippen molar-refractivity contribution in [2.24, 2.45) is 0 Å². The van der Waals surface area contributed by atoms with Crippen LogP contribution in [0.4, 0.5) is 0 Å². The zero-order valence-corrected chi connectivity index (χ0v) is 12.4. The first-order valence-electron chi connectivity index (χ1n) is 6.16. The molecule has 4 N–H and O–H groups in total. The number of hydrogen-bond donors (Lipinski definition) is 4. The Bertz CT molecular complexity index is 709. The van der Waals surface area contributed by atoms with E-state index in [9.17, 15) is 14.7 Å². The lowest BCUT2D eigenvalue weighted by Crippen LogP contribution is -2.27. The summed E-state index contributed by atoms with van der Waals surface area (Å²) in [5, 5.41) is 13.1. The molecule has 0 fully saturated rings. The summed E-state index contributed by atoms with van der Waals surface area (Å²) in [6.45, 7) is 0.385. The molecule has 1 aromatic heterocycles. The number of halogens is 2. The van der Waals surface area contributed by atoms with Gasteiger partial charge in [0.2, 0.25) is 11.8 Å². The van der Waals surface area contributed by atoms with E-state index in [1.807, 2.05) is 0 Å². The van der Waals surface area contributed by atoms with E-state index in [-0.39, 0.29) is 23.9 Å². The Kier molecular flexibility index (Phi) is 4.93. The molecule has 0 aliphatic rings. The second-order valence-corrected chi connectivity index (χ2v) is 5.26. The monoisotopic (exact) mass is 329 g/mol. The second-order valence-electron chi connectivity index (χ2n) is 4.42. The van der Waals surface area contributed by atoms with E-state index < -0.39 is 5.69 Å². The Labute approximate surface area is 130 Å². The van der Waals surface area contributed by atoms with Crippen molar-refractivity contribution in [3.8, 4) is 5.88 Å². The van der Waals surface area contributed by atoms with Crippen LogP contribution in [-0.4, -0.2) is 27.5 Å². The van der Waals surface area contributed by atoms with Gasteiger partial charge in [-0.15, -0.1) is 0 Å². The number of amides is 1. The SMILES string of the molecule is O=C(Cc1[nH]c(=O)[nH]c1O)NCCc1ccc(Cl)cc1Cl. The van der Waals surface area contributed by atoms with Gasteiger partial charge in [0, 0.05) is 16.6 Å². The largest absolute Gasteiger partial charge is 0.493 e. The molecule has 8 heteroatoms. The van der Waals surface area contributed by atoms with Crippen LogP contribution in [0.15, 0.2) is 23.0 Å². The fraction of sp³-hybridized carbons (Fsp3) is 0.231. The molecular weight excluding hydrogens is 317 g/mol. The summed E-state index contributed by atoms with van der Waals surface area (Å²) in [5.41, 5.74) is 0.476. The van der Waals surface area contributed by atoms with Gasteiger partial charge in [0.05, 0.1) is 12.1 Å². The summed E-state index contributed by atoms with van der Waals surface area (Å²) in [4.78, 5) is 27.1. The predicted molar refractivity (Wildman–Crippen MR) is 80.0 cm³/mol. The topological polar surface area (TPSA) is 98.0 Å². The fourth-order valence-corrected chi connectivity index (χ4v) is 2.33. The van der Waals surface area contributed by atoms with Crippen LogP contribution in [0.25, 0.3) is 0 Å². The van der Waals surface area contributed by atoms with Crippen molar-refractivity contribution in [1.29, 1.82) is 0 Å². The van der Waals surface area contributed by atoms with Crippen molar-refractivity contribution in [1.82, 2.24) is 15.3 Å². The van der Waals surface area contributed by atoms with E-state index in [4.69, 9.17) is 23.2 Å². The molecule has 0 atom stereocenters. The lowest BCUT2D eigenvalue weighted by atomic mass is 10.1. The number of imidazole rings is 1. The van der Waals surface area contributed by atoms with Crippen LogP contribution in [-0.2, 0) is 17.6 Å². The lowest BCUT2D eigenvalue weighted by molar-refractivity contribution is -0.120. The average Bonchev–Trinajstić information content (AvgIpc) is 2.70. The first kappa shape index (κ1) is 15.5. The van der Waals surface area contributed by atoms with E-state index in [1.54, 1.807) is 18.2 Å². The number of H-pyrrole nitrogens is 2. The number of rotatable bonds is 5. The highest BCUT2D eigenvalue weighted by Crippen LogP contribution is 2.21. The molecule has 0 unspecified atom stereocenters. The Morgan fingerprint density at radius 3 is 2.67 bits per heavy atom. The molecule has 0 radical (unpaired) electrons. The van der Waals surface area contributed by atoms with Crippen LogP contribution in [0.5, 0.6) is 5.88 Å². The third-order valence-corrected chi connectivity index (χ3v) is 3.44. The van der Waals surface area contributed by atoms with Crippen molar-refractivity contribution in [2.75, 3.05) is 6.54 Å². The van der Waals surface area contributed by atoms with Gasteiger partial charge in [0.15, 0.2) is 0 Å². The molecular formula is C13H13Cl2N3O3. The maximum atomic E-state index is 11.7. The summed E-state index contributed by atoms with van der Waals surface area (Å²) in [5.74, 6) is -0.637. The van der Waals surface area contributed by atoms with Crippen molar-refractivity contribution in [3.63, 3.8) is 0 Å². The first-order chi connectivity index (χ1) is 9.95. The summed E-state index contributed by atoms with van der Waals surface area (Å²) in [7, 11) is 0. The Morgan fingerprint density at radius 2 is 2.05 bits per heavy atom. The average molecular weight is 330 g/mol. The van der Waals surface area contributed by atoms with Crippen LogP contribution < -0.4 is 11.0 Å². The highest BCUT2D eigenvalue weighted by molar-refractivity contribution is 6.35. The minimum Gasteiger partial charge on any atom is -0.493 e. The number of nitrogens with one attached hydrogen (secondary N) is 3. The van der Waals surface area contributed by atoms with Gasteiger partial charge >= 0.3 is 5.69 Å². The molecule has 1 amide bonds. The standard InChI is InChI=1S/C13H13Cl2N3O3/c14-8-2-1-7(9(15)5-8)3-4-16-11(19)6-10-12(20)18-13(21)17-10/h1-2,5,20H,3-4,6H2,(H,16,19)(H2,17,18,21). The number of aromatic hydroxyl groups is 1. The van der Waals surface area contributed by atoms with E-state index in [0.29, 0.717) is 23.0 Å². The molecule has 1 aromatic carbocycles. The predicted octanol–water partition coefficient (Wildman–Crippen LogP) is 1.62. The number of carbonyl (C=O) groups excluding carboxylic acids is 1. The van der Waals surface area contributed by atoms with Crippen LogP contribution in [0.1, 0.15) is 11.3 Å². The van der Waals surface area contributed by atoms with Crippen molar-refractivity contribution < 1.29 is 9.90 Å². The van der Waals surface area contributed by atoms with E-state index in [1.165, 1.54) is 0 Å². The number of aromatic amines is 2. The van der Waals surface area contributed by atoms with Gasteiger partial charge in [-0.25, -0.2) is 4.79 Å². The second kappa shape index (κ2) is 6.69. The van der Waals surface area contributed by atoms with E-state index in [2.05, 4.69) is 15.3 Å². The normalized spacial score (nSPS) is 10.6. The molecule has 0 saturated carbocycles. The van der Waals surface area contributed by atoms with Gasteiger partial charge in [0.25, 0.3) is 0 Å². The first-order valence-corrected chi connectivity index (χ1v) is 6.92. The molecule has 1 heterocycles. The summed E-state index contributed by atoms with van der Waals surface area (Å²) in [6, 6.07) is 5.17. The summed E-state index contributed by atoms with van der Waals surface area (Å²) in [6.07, 6.45) is 0.441. The number of benzene rings is 1. The van der Waals surface area contributed by atoms with E-state index in [0.717, 1.165) is 5.56 Å². The number of hydrogen-bond acceptors (Lipinski definition) is 3. The molecule has 21 heavy (non-hydrogen) atoms. The molecule has 0 aliphatic heterocycles. The highest BCUT2D eigenvalue weighted by atomic mass is 35.5. The quantitative estimate of drug-likeness (QED) is 0.670. The third-order valence-electron chi connectivity index (χ3n) is 2.85. The fourth-order valence-electron chi connectivity index (χ4n) is 1.82. The minimum atomic E-state index is -0.553. The summed E-state index contributed by atoms with van der Waals surface area (Å²) < 4.78 is 0. The zero-order chi connectivity index (χ0) is 15.4. The third kappa shape index (κ3) is 4.27. The number of carbonyl (C=O) groups is 1. The van der Waals surface area contributed by atoms with Gasteiger partial charge in [-0.2, -0.15) is 0 Å². The van der Waals surface area contributed by atoms with Crippen LogP contribution in [0, 0.1) is 0 Å². The van der Waals surface area contributed by atoms with Gasteiger partial charge in [-0.3, -0.25) is 9.78 Å². The lowest BCUT2D eigenvalue weighted by Gasteiger charge is -2.06. The van der Waals surface area contributed by atoms with Crippen molar-refractivity contribution in [3.05, 3.63) is 50.0 Å². The van der Waals surface area contributed by atoms with Crippen molar-refractivity contribution >= 4 is 29.1 Å². The van der Waals surface area contributed by atoms with Crippen LogP contribution >= 0.6 is 23.2 Å². The molecule has 112 valence electrons.